The Morgan fingerprint density at radius 2 is 1.30 bits per heavy atom. The number of nitrogens with two attached hydrogens (primary N) is 1. The van der Waals surface area contributed by atoms with Crippen LogP contribution in [-0.4, -0.2) is 146 Å². The van der Waals surface area contributed by atoms with Gasteiger partial charge in [0, 0.05) is 69.1 Å². The van der Waals surface area contributed by atoms with Crippen LogP contribution in [-0.2, 0) is 54.1 Å². The van der Waals surface area contributed by atoms with E-state index in [0.717, 1.165) is 35.9 Å². The number of phenols is 1. The van der Waals surface area contributed by atoms with Crippen molar-refractivity contribution >= 4 is 45.2 Å². The fourth-order valence-corrected chi connectivity index (χ4v) is 6.38. The van der Waals surface area contributed by atoms with Gasteiger partial charge < -0.3 is 54.3 Å². The van der Waals surface area contributed by atoms with Crippen molar-refractivity contribution in [1.29, 1.82) is 0 Å². The molecule has 4 aromatic rings. The van der Waals surface area contributed by atoms with Crippen LogP contribution in [0.15, 0.2) is 30.6 Å². The first-order valence-electron chi connectivity index (χ1n) is 21.9. The smallest absolute Gasteiger partial charge is 0.220 e. The van der Waals surface area contributed by atoms with Crippen LogP contribution in [0.2, 0.25) is 0 Å². The number of ether oxygens (including phenoxy) is 7. The number of aromatic amines is 1. The number of benzene rings is 1. The highest BCUT2D eigenvalue weighted by atomic mass is 16.6. The van der Waals surface area contributed by atoms with Crippen molar-refractivity contribution in [3.63, 3.8) is 0 Å². The number of hydrogen-bond acceptors (Lipinski definition) is 15. The molecule has 0 fully saturated rings. The molecular formula is C45H65N7O11. The van der Waals surface area contributed by atoms with Crippen LogP contribution in [0.5, 0.6) is 5.75 Å². The molecule has 1 aromatic carbocycles. The average Bonchev–Trinajstić information content (AvgIpc) is 3.87. The summed E-state index contributed by atoms with van der Waals surface area (Å²) in [6.07, 6.45) is 13.1. The van der Waals surface area contributed by atoms with Gasteiger partial charge in [0.15, 0.2) is 5.65 Å². The summed E-state index contributed by atoms with van der Waals surface area (Å²) in [6.45, 7) is 6.94. The van der Waals surface area contributed by atoms with Crippen molar-refractivity contribution in [1.82, 2.24) is 30.0 Å². The van der Waals surface area contributed by atoms with E-state index in [1.165, 1.54) is 6.33 Å². The molecule has 0 aliphatic heterocycles. The number of aryl methyl sites for hydroxylation is 1. The number of phenolic OH excluding ortho intramolecular Hbond substituents is 1. The number of fused-ring (bicyclic) bond motifs is 2. The molecule has 18 nitrogen and oxygen atoms in total. The molecule has 0 aliphatic rings. The van der Waals surface area contributed by atoms with Gasteiger partial charge in [-0.05, 0) is 49.9 Å². The van der Waals surface area contributed by atoms with Gasteiger partial charge in [0.2, 0.25) is 5.91 Å². The minimum Gasteiger partial charge on any atom is -0.508 e. The second-order valence-electron chi connectivity index (χ2n) is 14.7. The molecule has 63 heavy (non-hydrogen) atoms. The molecule has 0 unspecified atom stereocenters. The minimum absolute atomic E-state index is 0.0246. The van der Waals surface area contributed by atoms with Crippen molar-refractivity contribution in [2.24, 2.45) is 0 Å². The van der Waals surface area contributed by atoms with E-state index in [0.29, 0.717) is 179 Å². The van der Waals surface area contributed by atoms with Gasteiger partial charge in [0.25, 0.3) is 0 Å². The Morgan fingerprint density at radius 3 is 1.95 bits per heavy atom. The van der Waals surface area contributed by atoms with Crippen LogP contribution in [0.4, 0.5) is 5.82 Å². The number of ketones is 2. The third kappa shape index (κ3) is 20.4. The molecule has 0 aliphatic carbocycles. The van der Waals surface area contributed by atoms with Crippen LogP contribution in [0.25, 0.3) is 33.3 Å². The quantitative estimate of drug-likeness (QED) is 0.0357. The van der Waals surface area contributed by atoms with Gasteiger partial charge >= 0.3 is 0 Å². The molecule has 0 spiro atoms. The van der Waals surface area contributed by atoms with Crippen molar-refractivity contribution < 1.29 is 52.6 Å². The van der Waals surface area contributed by atoms with Gasteiger partial charge in [-0.1, -0.05) is 6.42 Å². The molecule has 3 heterocycles. The number of nitrogen functional groups attached to an aromatic ring is 1. The zero-order valence-corrected chi connectivity index (χ0v) is 36.5. The molecule has 3 aromatic heterocycles. The van der Waals surface area contributed by atoms with Crippen LogP contribution in [0.3, 0.4) is 0 Å². The van der Waals surface area contributed by atoms with Crippen LogP contribution >= 0.6 is 0 Å². The molecule has 0 radical (unpaired) electrons. The van der Waals surface area contributed by atoms with E-state index in [2.05, 4.69) is 26.2 Å². The van der Waals surface area contributed by atoms with E-state index >= 15 is 0 Å². The summed E-state index contributed by atoms with van der Waals surface area (Å²) >= 11 is 0. The summed E-state index contributed by atoms with van der Waals surface area (Å²) < 4.78 is 40.3. The largest absolute Gasteiger partial charge is 0.508 e. The highest BCUT2D eigenvalue weighted by Crippen LogP contribution is 2.32. The minimum atomic E-state index is -0.0246. The third-order valence-electron chi connectivity index (χ3n) is 9.69. The van der Waals surface area contributed by atoms with Gasteiger partial charge in [-0.15, -0.1) is 12.3 Å². The number of H-pyrrole nitrogens is 1. The monoisotopic (exact) mass is 879 g/mol. The van der Waals surface area contributed by atoms with E-state index in [1.54, 1.807) is 12.1 Å². The summed E-state index contributed by atoms with van der Waals surface area (Å²) in [7, 11) is 0. The first-order chi connectivity index (χ1) is 30.9. The van der Waals surface area contributed by atoms with E-state index in [-0.39, 0.29) is 23.2 Å². The lowest BCUT2D eigenvalue weighted by atomic mass is 10.1. The number of Topliss-reactive ketones (excluding diaryl/α,β-unsaturated/α-hetero) is 2. The number of rotatable bonds is 38. The number of amides is 1. The summed E-state index contributed by atoms with van der Waals surface area (Å²) in [5, 5.41) is 19.0. The molecule has 0 saturated carbocycles. The predicted octanol–water partition coefficient (Wildman–Crippen LogP) is 4.56. The van der Waals surface area contributed by atoms with Gasteiger partial charge in [0.05, 0.1) is 97.0 Å². The normalized spacial score (nSPS) is 11.4. The fraction of sp³-hybridized carbons (Fsp3) is 0.600. The molecular weight excluding hydrogens is 815 g/mol. The van der Waals surface area contributed by atoms with Crippen LogP contribution < -0.4 is 11.1 Å². The number of carbonyl (C=O) groups excluding carboxylic acids is 3. The highest BCUT2D eigenvalue weighted by molar-refractivity contribution is 6.00. The SMILES string of the molecule is C#CCCCC(=O)NCCOCCOCCOCCC(=O)CCCOCCOCCOCCOCCC(=O)CCCCCn1nc(-c2cc3cc(O)ccc3[nH]2)c2c(N)ncnc21. The summed E-state index contributed by atoms with van der Waals surface area (Å²) in [5.41, 5.74) is 9.18. The number of aromatic hydroxyl groups is 1. The maximum Gasteiger partial charge on any atom is 0.220 e. The number of carbonyl (C=O) groups is 3. The Bertz CT molecular complexity index is 1980. The Labute approximate surface area is 369 Å². The maximum atomic E-state index is 12.4. The number of aromatic nitrogens is 5. The Kier molecular flexibility index (Phi) is 24.9. The summed E-state index contributed by atoms with van der Waals surface area (Å²) in [5.74, 6) is 3.32. The average molecular weight is 880 g/mol. The zero-order valence-electron chi connectivity index (χ0n) is 36.5. The second-order valence-corrected chi connectivity index (χ2v) is 14.7. The van der Waals surface area contributed by atoms with E-state index < -0.39 is 0 Å². The molecule has 1 amide bonds. The molecule has 4 rings (SSSR count). The lowest BCUT2D eigenvalue weighted by Gasteiger charge is -2.08. The van der Waals surface area contributed by atoms with E-state index in [9.17, 15) is 19.5 Å². The number of terminal acetylenes is 1. The Hall–Kier alpha value is -5.00. The number of anilines is 1. The molecule has 18 heteroatoms. The van der Waals surface area contributed by atoms with Crippen molar-refractivity contribution in [2.75, 3.05) is 105 Å². The molecule has 5 N–H and O–H groups in total. The molecule has 0 bridgehead atoms. The Morgan fingerprint density at radius 1 is 0.698 bits per heavy atom. The highest BCUT2D eigenvalue weighted by Gasteiger charge is 2.19. The first-order valence-corrected chi connectivity index (χ1v) is 21.9. The van der Waals surface area contributed by atoms with Crippen LogP contribution in [0, 0.1) is 12.3 Å². The lowest BCUT2D eigenvalue weighted by Crippen LogP contribution is -2.27. The Balaban J connectivity index is 0.868. The number of nitrogens with zero attached hydrogens (tertiary/aromatic N) is 4. The molecule has 0 atom stereocenters. The van der Waals surface area contributed by atoms with Gasteiger partial charge in [0.1, 0.15) is 35.2 Å². The van der Waals surface area contributed by atoms with Crippen molar-refractivity contribution in [2.45, 2.75) is 77.2 Å². The third-order valence-corrected chi connectivity index (χ3v) is 9.69. The van der Waals surface area contributed by atoms with E-state index in [4.69, 9.17) is 50.4 Å². The van der Waals surface area contributed by atoms with Crippen LogP contribution in [0.1, 0.15) is 70.6 Å². The second kappa shape index (κ2) is 30.9. The van der Waals surface area contributed by atoms with Gasteiger partial charge in [-0.3, -0.25) is 14.4 Å². The predicted molar refractivity (Wildman–Crippen MR) is 237 cm³/mol. The van der Waals surface area contributed by atoms with Gasteiger partial charge in [-0.25, -0.2) is 14.6 Å². The number of hydrogen-bond donors (Lipinski definition) is 4. The molecule has 0 saturated heterocycles. The summed E-state index contributed by atoms with van der Waals surface area (Å²) in [4.78, 5) is 48.0. The summed E-state index contributed by atoms with van der Waals surface area (Å²) in [6, 6.07) is 7.05. The van der Waals surface area contributed by atoms with Crippen molar-refractivity contribution in [3.05, 3.63) is 30.6 Å². The number of nitrogens with one attached hydrogen (secondary N) is 2. The molecule has 346 valence electrons. The first kappa shape index (κ1) is 50.6. The zero-order chi connectivity index (χ0) is 44.7. The van der Waals surface area contributed by atoms with Crippen molar-refractivity contribution in [3.8, 4) is 29.5 Å². The topological polar surface area (TPSA) is 233 Å². The maximum absolute atomic E-state index is 12.4. The standard InChI is InChI=1S/C45H65N7O11/c1-2-3-5-11-41(56)47-16-21-60-25-29-62-27-23-59-20-15-37(54)10-8-18-57-22-26-61-30-31-63-28-24-58-19-14-36(53)9-6-4-7-17-52-45-42(44(46)48-34-49-45)43(51-52)40-33-35-32-38(55)12-13-39(35)50-40/h1,12-13,32-34,50,55H,3-11,14-31H2,(H,47,56)(H2,46,48,49). The van der Waals surface area contributed by atoms with Gasteiger partial charge in [-0.2, -0.15) is 5.10 Å². The number of unbranched alkanes of at least 4 members (excludes halogenated alkanes) is 3. The lowest BCUT2D eigenvalue weighted by molar-refractivity contribution is -0.122. The van der Waals surface area contributed by atoms with E-state index in [1.807, 2.05) is 16.8 Å². The fourth-order valence-electron chi connectivity index (χ4n) is 6.38.